The topological polar surface area (TPSA) is 75.6 Å². The third kappa shape index (κ3) is 9.76. The first-order valence-corrected chi connectivity index (χ1v) is 23.0. The maximum Gasteiger partial charge on any atom is 0.144 e. The molecule has 0 saturated heterocycles. The Morgan fingerprint density at radius 2 is 0.957 bits per heavy atom. The van der Waals surface area contributed by atoms with E-state index in [0.29, 0.717) is 56.1 Å². The van der Waals surface area contributed by atoms with Crippen molar-refractivity contribution in [2.45, 2.75) is 77.8 Å². The van der Waals surface area contributed by atoms with Crippen LogP contribution in [-0.4, -0.2) is 15.0 Å². The van der Waals surface area contributed by atoms with E-state index in [9.17, 15) is 21.7 Å². The molecule has 0 aliphatic carbocycles. The van der Waals surface area contributed by atoms with Crippen LogP contribution in [0.1, 0.15) is 106 Å². The Kier molecular flexibility index (Phi) is 9.53. The molecule has 5 nitrogen and oxygen atoms in total. The number of aryl methyl sites for hydroxylation is 6. The summed E-state index contributed by atoms with van der Waals surface area (Å²) in [5, 5.41) is 11.6. The number of para-hydroxylation sites is 1. The summed E-state index contributed by atoms with van der Waals surface area (Å²) in [6.45, 7) is 7.36. The van der Waals surface area contributed by atoms with Crippen molar-refractivity contribution >= 4 is 21.9 Å². The van der Waals surface area contributed by atoms with E-state index in [4.69, 9.17) is 4.42 Å². The predicted molar refractivity (Wildman–Crippen MR) is 283 cm³/mol. The fourth-order valence-electron chi connectivity index (χ4n) is 8.58. The van der Waals surface area contributed by atoms with Gasteiger partial charge in [-0.1, -0.05) is 155 Å². The number of pyridine rings is 3. The van der Waals surface area contributed by atoms with Crippen molar-refractivity contribution in [2.24, 2.45) is 0 Å². The van der Waals surface area contributed by atoms with Gasteiger partial charge in [-0.25, -0.2) is 0 Å². The van der Waals surface area contributed by atoms with Gasteiger partial charge in [0.2, 0.25) is 0 Å². The summed E-state index contributed by atoms with van der Waals surface area (Å²) in [4.78, 5) is 13.8. The normalized spacial score (nSPS) is 15.3. The molecule has 0 unspecified atom stereocenters. The number of hydrogen-bond donors (Lipinski definition) is 0. The first-order valence-electron chi connectivity index (χ1n) is 29.0. The molecule has 0 amide bonds. The minimum atomic E-state index is -3.15. The van der Waals surface area contributed by atoms with Crippen LogP contribution in [0.2, 0.25) is 0 Å². The molecule has 0 N–H and O–H groups in total. The molecule has 69 heavy (non-hydrogen) atoms. The molecule has 4 aromatic heterocycles. The fraction of sp³-hybridized carbons (Fsp3) is 0.188. The van der Waals surface area contributed by atoms with Crippen LogP contribution in [-0.2, 0) is 38.2 Å². The summed E-state index contributed by atoms with van der Waals surface area (Å²) in [5.41, 5.74) is 5.00. The van der Waals surface area contributed by atoms with Gasteiger partial charge in [0.1, 0.15) is 11.2 Å². The highest BCUT2D eigenvalue weighted by atomic mass is 16.3. The monoisotopic (exact) mass is 909 g/mol. The van der Waals surface area contributed by atoms with Crippen molar-refractivity contribution in [3.8, 4) is 51.0 Å². The predicted octanol–water partition coefficient (Wildman–Crippen LogP) is 15.9. The number of benzene rings is 6. The molecule has 5 heteroatoms. The molecule has 6 aromatic carbocycles. The highest BCUT2D eigenvalue weighted by Gasteiger charge is 2.20. The van der Waals surface area contributed by atoms with Crippen LogP contribution in [0, 0.1) is 11.3 Å². The quantitative estimate of drug-likeness (QED) is 0.102. The Morgan fingerprint density at radius 3 is 1.46 bits per heavy atom. The van der Waals surface area contributed by atoms with Crippen molar-refractivity contribution in [3.63, 3.8) is 0 Å². The van der Waals surface area contributed by atoms with Crippen molar-refractivity contribution < 1.29 is 20.9 Å². The molecule has 10 aromatic rings. The Bertz CT molecular complexity index is 3890. The molecule has 4 heterocycles. The lowest BCUT2D eigenvalue weighted by molar-refractivity contribution is 0.670. The highest BCUT2D eigenvalue weighted by Crippen LogP contribution is 2.41. The standard InChI is InChI=1S/C64H56N4O/c1-42(2)57-36-60(48-15-8-5-9-16-48)67-40-52(57)28-25-46-33-45(34-47(35-46)26-29-53-41-68-61(37-58(53)43(3)4)49-17-10-6-11-18-49)24-23-44-27-32-59(66-39-44)56-22-14-21-54-55-31-30-51(38-65)62(64(55)69-63(54)56)50-19-12-7-13-20-50/h5-22,27,30-37,39-43H,23-26,28-29H2,1-4H3/i23D2,24D2,25D2,26D2,28D2,29D2. The molecule has 0 fully saturated rings. The third-order valence-electron chi connectivity index (χ3n) is 12.1. The summed E-state index contributed by atoms with van der Waals surface area (Å²) in [6, 6.07) is 48.6. The smallest absolute Gasteiger partial charge is 0.144 e. The van der Waals surface area contributed by atoms with E-state index in [-0.39, 0.29) is 28.5 Å². The van der Waals surface area contributed by atoms with E-state index in [1.54, 1.807) is 24.3 Å². The van der Waals surface area contributed by atoms with Gasteiger partial charge < -0.3 is 4.42 Å². The first-order chi connectivity index (χ1) is 38.3. The van der Waals surface area contributed by atoms with E-state index in [2.05, 4.69) is 21.0 Å². The molecule has 0 bridgehead atoms. The molecule has 0 atom stereocenters. The number of rotatable bonds is 15. The minimum absolute atomic E-state index is 0.106. The third-order valence-corrected chi connectivity index (χ3v) is 12.1. The van der Waals surface area contributed by atoms with Crippen LogP contribution in [0.15, 0.2) is 187 Å². The van der Waals surface area contributed by atoms with E-state index >= 15 is 0 Å². The van der Waals surface area contributed by atoms with Crippen molar-refractivity contribution in [3.05, 3.63) is 232 Å². The van der Waals surface area contributed by atoms with Gasteiger partial charge in [0, 0.05) is 68.1 Å². The van der Waals surface area contributed by atoms with Gasteiger partial charge in [-0.3, -0.25) is 15.0 Å². The van der Waals surface area contributed by atoms with Gasteiger partial charge in [-0.2, -0.15) is 5.26 Å². The maximum atomic E-state index is 10.1. The molecule has 0 radical (unpaired) electrons. The summed E-state index contributed by atoms with van der Waals surface area (Å²) < 4.78 is 123. The van der Waals surface area contributed by atoms with E-state index in [1.807, 2.05) is 137 Å². The van der Waals surface area contributed by atoms with Crippen LogP contribution in [0.25, 0.3) is 66.8 Å². The summed E-state index contributed by atoms with van der Waals surface area (Å²) in [6.07, 6.45) is -14.5. The van der Waals surface area contributed by atoms with Crippen LogP contribution in [0.5, 0.6) is 0 Å². The lowest BCUT2D eigenvalue weighted by Crippen LogP contribution is -2.04. The second-order valence-corrected chi connectivity index (χ2v) is 17.5. The van der Waals surface area contributed by atoms with Crippen molar-refractivity contribution in [1.29, 1.82) is 5.26 Å². The largest absolute Gasteiger partial charge is 0.455 e. The number of nitriles is 1. The Balaban J connectivity index is 1.10. The Labute approximate surface area is 423 Å². The molecule has 0 aliphatic heterocycles. The molecule has 0 spiro atoms. The molecular weight excluding hydrogens is 841 g/mol. The maximum absolute atomic E-state index is 10.1. The Morgan fingerprint density at radius 1 is 0.464 bits per heavy atom. The lowest BCUT2D eigenvalue weighted by atomic mass is 9.90. The van der Waals surface area contributed by atoms with Crippen LogP contribution < -0.4 is 0 Å². The van der Waals surface area contributed by atoms with E-state index in [1.165, 1.54) is 30.7 Å². The highest BCUT2D eigenvalue weighted by molar-refractivity contribution is 6.13. The van der Waals surface area contributed by atoms with Gasteiger partial charge in [0.15, 0.2) is 0 Å². The number of hydrogen-bond acceptors (Lipinski definition) is 5. The second kappa shape index (κ2) is 20.1. The number of furan rings is 1. The van der Waals surface area contributed by atoms with Crippen LogP contribution >= 0.6 is 0 Å². The zero-order valence-electron chi connectivity index (χ0n) is 50.7. The van der Waals surface area contributed by atoms with Gasteiger partial charge in [-0.05, 0) is 137 Å². The van der Waals surface area contributed by atoms with Gasteiger partial charge >= 0.3 is 0 Å². The summed E-state index contributed by atoms with van der Waals surface area (Å²) >= 11 is 0. The summed E-state index contributed by atoms with van der Waals surface area (Å²) in [7, 11) is 0. The van der Waals surface area contributed by atoms with Crippen molar-refractivity contribution in [2.75, 3.05) is 0 Å². The number of fused-ring (bicyclic) bond motifs is 3. The average molecular weight is 909 g/mol. The van der Waals surface area contributed by atoms with E-state index in [0.717, 1.165) is 45.7 Å². The molecule has 10 rings (SSSR count). The van der Waals surface area contributed by atoms with Crippen LogP contribution in [0.4, 0.5) is 0 Å². The SMILES string of the molecule is [2H]C([2H])(c1ccc(-c2cccc3c2oc2c(-c4ccccc4)c(C#N)ccc23)nc1)C([2H])([2H])c1cc(C([2H])([2H])C([2H])([2H])c2cnc(-c3ccccc3)cc2C(C)C)cc(C([2H])([2H])C([2H])([2H])c2cnc(-c3ccccc3)cc2C(C)C)c1. The molecule has 338 valence electrons. The molecule has 0 saturated carbocycles. The number of nitrogens with zero attached hydrogens (tertiary/aromatic N) is 4. The van der Waals surface area contributed by atoms with Gasteiger partial charge in [-0.15, -0.1) is 0 Å². The zero-order chi connectivity index (χ0) is 58.0. The zero-order valence-corrected chi connectivity index (χ0v) is 38.7. The fourth-order valence-corrected chi connectivity index (χ4v) is 8.58. The van der Waals surface area contributed by atoms with Gasteiger partial charge in [0.25, 0.3) is 0 Å². The minimum Gasteiger partial charge on any atom is -0.455 e. The molecular formula is C64H56N4O. The average Bonchev–Trinajstić information content (AvgIpc) is 4.09. The second-order valence-electron chi connectivity index (χ2n) is 17.5. The van der Waals surface area contributed by atoms with E-state index < -0.39 is 54.9 Å². The van der Waals surface area contributed by atoms with Gasteiger partial charge in [0.05, 0.1) is 28.7 Å². The molecule has 0 aliphatic rings. The number of aromatic nitrogens is 3. The lowest BCUT2D eigenvalue weighted by Gasteiger charge is -2.16. The van der Waals surface area contributed by atoms with Crippen LogP contribution in [0.3, 0.4) is 0 Å². The Hall–Kier alpha value is -7.94. The first kappa shape index (κ1) is 32.7. The van der Waals surface area contributed by atoms with Crippen molar-refractivity contribution in [1.82, 2.24) is 15.0 Å². The summed E-state index contributed by atoms with van der Waals surface area (Å²) in [5.74, 6) is -0.676.